The van der Waals surface area contributed by atoms with Gasteiger partial charge in [0.05, 0.1) is 0 Å². The van der Waals surface area contributed by atoms with Crippen molar-refractivity contribution in [2.24, 2.45) is 0 Å². The predicted molar refractivity (Wildman–Crippen MR) is 63.8 cm³/mol. The Kier molecular flexibility index (Phi) is 4.24. The quantitative estimate of drug-likeness (QED) is 0.550. The fourth-order valence-corrected chi connectivity index (χ4v) is 1.33. The van der Waals surface area contributed by atoms with Crippen LogP contribution in [0.15, 0.2) is 30.9 Å². The molecular formula is C13H19N. The van der Waals surface area contributed by atoms with Gasteiger partial charge in [0.1, 0.15) is 0 Å². The molecule has 0 aliphatic carbocycles. The molecule has 76 valence electrons. The minimum atomic E-state index is 1.02. The van der Waals surface area contributed by atoms with Crippen LogP contribution >= 0.6 is 0 Å². The number of nitrogens with one attached hydrogen (secondary N) is 1. The van der Waals surface area contributed by atoms with E-state index in [1.807, 2.05) is 6.08 Å². The lowest BCUT2D eigenvalue weighted by molar-refractivity contribution is 0.890. The molecule has 0 saturated carbocycles. The second-order valence-corrected chi connectivity index (χ2v) is 3.66. The van der Waals surface area contributed by atoms with Crippen LogP contribution in [0.5, 0.6) is 0 Å². The minimum absolute atomic E-state index is 1.02. The summed E-state index contributed by atoms with van der Waals surface area (Å²) in [6.07, 6.45) is 4.19. The lowest BCUT2D eigenvalue weighted by atomic mass is 10.1. The van der Waals surface area contributed by atoms with E-state index in [2.05, 4.69) is 43.9 Å². The van der Waals surface area contributed by atoms with E-state index in [1.54, 1.807) is 0 Å². The van der Waals surface area contributed by atoms with Gasteiger partial charge in [-0.3, -0.25) is 0 Å². The van der Waals surface area contributed by atoms with Crippen LogP contribution in [0.3, 0.4) is 0 Å². The third-order valence-corrected chi connectivity index (χ3v) is 2.42. The van der Waals surface area contributed by atoms with Gasteiger partial charge in [-0.1, -0.05) is 12.1 Å². The van der Waals surface area contributed by atoms with Crippen molar-refractivity contribution in [1.29, 1.82) is 0 Å². The van der Waals surface area contributed by atoms with Crippen LogP contribution in [0.4, 0.5) is 5.69 Å². The van der Waals surface area contributed by atoms with Crippen molar-refractivity contribution in [2.75, 3.05) is 11.9 Å². The van der Waals surface area contributed by atoms with Crippen LogP contribution in [0.2, 0.25) is 0 Å². The number of hydrogen-bond donors (Lipinski definition) is 1. The summed E-state index contributed by atoms with van der Waals surface area (Å²) in [5.74, 6) is 0. The first-order valence-electron chi connectivity index (χ1n) is 5.16. The zero-order chi connectivity index (χ0) is 10.4. The van der Waals surface area contributed by atoms with Gasteiger partial charge in [-0.15, -0.1) is 6.58 Å². The first kappa shape index (κ1) is 10.8. The Morgan fingerprint density at radius 1 is 1.29 bits per heavy atom. The predicted octanol–water partition coefficient (Wildman–Crippen LogP) is 3.68. The van der Waals surface area contributed by atoms with E-state index in [4.69, 9.17) is 0 Å². The van der Waals surface area contributed by atoms with Gasteiger partial charge in [-0.25, -0.2) is 0 Å². The molecule has 1 N–H and O–H groups in total. The van der Waals surface area contributed by atoms with Gasteiger partial charge >= 0.3 is 0 Å². The molecule has 1 aromatic carbocycles. The lowest BCUT2D eigenvalue weighted by Crippen LogP contribution is -2.01. The van der Waals surface area contributed by atoms with Gasteiger partial charge in [0.15, 0.2) is 0 Å². The maximum atomic E-state index is 3.70. The molecule has 1 aromatic rings. The molecule has 0 atom stereocenters. The van der Waals surface area contributed by atoms with Gasteiger partial charge in [0.2, 0.25) is 0 Å². The van der Waals surface area contributed by atoms with Crippen LogP contribution < -0.4 is 5.32 Å². The van der Waals surface area contributed by atoms with E-state index in [9.17, 15) is 0 Å². The first-order chi connectivity index (χ1) is 6.74. The molecule has 0 saturated heterocycles. The van der Waals surface area contributed by atoms with Crippen molar-refractivity contribution < 1.29 is 0 Å². The largest absolute Gasteiger partial charge is 0.385 e. The zero-order valence-electron chi connectivity index (χ0n) is 9.14. The van der Waals surface area contributed by atoms with Gasteiger partial charge in [-0.05, 0) is 49.9 Å². The molecule has 14 heavy (non-hydrogen) atoms. The summed E-state index contributed by atoms with van der Waals surface area (Å²) in [6, 6.07) is 6.49. The Morgan fingerprint density at radius 3 is 2.71 bits per heavy atom. The fourth-order valence-electron chi connectivity index (χ4n) is 1.33. The molecule has 0 aliphatic rings. The van der Waals surface area contributed by atoms with E-state index in [0.29, 0.717) is 0 Å². The van der Waals surface area contributed by atoms with E-state index >= 15 is 0 Å². The monoisotopic (exact) mass is 189 g/mol. The number of hydrogen-bond acceptors (Lipinski definition) is 1. The number of aryl methyl sites for hydroxylation is 2. The van der Waals surface area contributed by atoms with Gasteiger partial charge < -0.3 is 5.32 Å². The highest BCUT2D eigenvalue weighted by atomic mass is 14.9. The summed E-state index contributed by atoms with van der Waals surface area (Å²) >= 11 is 0. The van der Waals surface area contributed by atoms with Crippen molar-refractivity contribution >= 4 is 5.69 Å². The number of anilines is 1. The Morgan fingerprint density at radius 2 is 2.07 bits per heavy atom. The number of rotatable bonds is 5. The summed E-state index contributed by atoms with van der Waals surface area (Å²) in [6.45, 7) is 9.00. The van der Waals surface area contributed by atoms with Crippen molar-refractivity contribution in [3.63, 3.8) is 0 Å². The Labute approximate surface area is 86.8 Å². The second kappa shape index (κ2) is 5.48. The number of unbranched alkanes of at least 4 members (excludes halogenated alkanes) is 1. The van der Waals surface area contributed by atoms with Crippen LogP contribution in [0, 0.1) is 13.8 Å². The molecule has 0 amide bonds. The summed E-state index contributed by atoms with van der Waals surface area (Å²) in [4.78, 5) is 0. The second-order valence-electron chi connectivity index (χ2n) is 3.66. The van der Waals surface area contributed by atoms with Crippen molar-refractivity contribution in [2.45, 2.75) is 26.7 Å². The maximum absolute atomic E-state index is 3.70. The standard InChI is InChI=1S/C13H19N/c1-4-5-6-9-14-13-8-7-11(2)12(3)10-13/h4,7-8,10,14H,1,5-6,9H2,2-3H3. The van der Waals surface area contributed by atoms with E-state index in [-0.39, 0.29) is 0 Å². The van der Waals surface area contributed by atoms with E-state index in [0.717, 1.165) is 19.4 Å². The lowest BCUT2D eigenvalue weighted by Gasteiger charge is -2.07. The van der Waals surface area contributed by atoms with E-state index in [1.165, 1.54) is 16.8 Å². The Balaban J connectivity index is 2.43. The summed E-state index contributed by atoms with van der Waals surface area (Å²) in [7, 11) is 0. The molecule has 0 aromatic heterocycles. The van der Waals surface area contributed by atoms with Gasteiger partial charge in [-0.2, -0.15) is 0 Å². The molecule has 0 aliphatic heterocycles. The van der Waals surface area contributed by atoms with Crippen LogP contribution in [0.25, 0.3) is 0 Å². The summed E-state index contributed by atoms with van der Waals surface area (Å²) < 4.78 is 0. The first-order valence-corrected chi connectivity index (χ1v) is 5.16. The van der Waals surface area contributed by atoms with E-state index < -0.39 is 0 Å². The molecule has 1 nitrogen and oxygen atoms in total. The molecule has 0 spiro atoms. The number of benzene rings is 1. The van der Waals surface area contributed by atoms with Crippen LogP contribution in [-0.2, 0) is 0 Å². The molecule has 1 rings (SSSR count). The van der Waals surface area contributed by atoms with Crippen LogP contribution in [-0.4, -0.2) is 6.54 Å². The highest BCUT2D eigenvalue weighted by molar-refractivity contribution is 5.47. The van der Waals surface area contributed by atoms with Crippen molar-refractivity contribution in [3.05, 3.63) is 42.0 Å². The molecule has 0 heterocycles. The molecule has 0 unspecified atom stereocenters. The number of allylic oxidation sites excluding steroid dienone is 1. The average Bonchev–Trinajstić information content (AvgIpc) is 2.18. The Hall–Kier alpha value is -1.24. The maximum Gasteiger partial charge on any atom is 0.0342 e. The molecule has 1 heteroatoms. The molecular weight excluding hydrogens is 170 g/mol. The third-order valence-electron chi connectivity index (χ3n) is 2.42. The fraction of sp³-hybridized carbons (Fsp3) is 0.385. The van der Waals surface area contributed by atoms with Gasteiger partial charge in [0, 0.05) is 12.2 Å². The van der Waals surface area contributed by atoms with Crippen LogP contribution in [0.1, 0.15) is 24.0 Å². The zero-order valence-corrected chi connectivity index (χ0v) is 9.14. The van der Waals surface area contributed by atoms with Gasteiger partial charge in [0.25, 0.3) is 0 Å². The molecule has 0 radical (unpaired) electrons. The normalized spacial score (nSPS) is 9.86. The average molecular weight is 189 g/mol. The molecule has 0 fully saturated rings. The SMILES string of the molecule is C=CCCCNc1ccc(C)c(C)c1. The highest BCUT2D eigenvalue weighted by Gasteiger charge is 1.94. The minimum Gasteiger partial charge on any atom is -0.385 e. The highest BCUT2D eigenvalue weighted by Crippen LogP contribution is 2.13. The summed E-state index contributed by atoms with van der Waals surface area (Å²) in [5, 5.41) is 3.40. The summed E-state index contributed by atoms with van der Waals surface area (Å²) in [5.41, 5.74) is 3.91. The molecule has 0 bridgehead atoms. The Bertz CT molecular complexity index is 302. The third kappa shape index (κ3) is 3.25. The smallest absolute Gasteiger partial charge is 0.0342 e. The van der Waals surface area contributed by atoms with Crippen molar-refractivity contribution in [1.82, 2.24) is 0 Å². The topological polar surface area (TPSA) is 12.0 Å². The van der Waals surface area contributed by atoms with Crippen molar-refractivity contribution in [3.8, 4) is 0 Å².